The molecule has 1 fully saturated rings. The third-order valence-corrected chi connectivity index (χ3v) is 3.72. The Bertz CT molecular complexity index is 254. The third kappa shape index (κ3) is 9.04. The summed E-state index contributed by atoms with van der Waals surface area (Å²) in [6.45, 7) is 4.45. The van der Waals surface area contributed by atoms with Gasteiger partial charge in [0.1, 0.15) is 0 Å². The van der Waals surface area contributed by atoms with Gasteiger partial charge in [-0.05, 0) is 32.1 Å². The Morgan fingerprint density at radius 2 is 1.37 bits per heavy atom. The molecule has 1 heterocycles. The molecule has 1 nitrogen and oxygen atoms in total. The molecule has 19 heavy (non-hydrogen) atoms. The number of epoxide rings is 1. The number of rotatable bonds is 12. The first kappa shape index (κ1) is 16.5. The van der Waals surface area contributed by atoms with Crippen LogP contribution >= 0.6 is 0 Å². The first-order chi connectivity index (χ1) is 9.38. The van der Waals surface area contributed by atoms with Crippen molar-refractivity contribution >= 4 is 0 Å². The van der Waals surface area contributed by atoms with Crippen molar-refractivity contribution in [3.8, 4) is 0 Å². The summed E-state index contributed by atoms with van der Waals surface area (Å²) in [6, 6.07) is 0. The van der Waals surface area contributed by atoms with Gasteiger partial charge in [-0.2, -0.15) is 0 Å². The quantitative estimate of drug-likeness (QED) is 0.246. The molecule has 0 unspecified atom stereocenters. The zero-order valence-corrected chi connectivity index (χ0v) is 12.9. The molecule has 0 aromatic heterocycles. The van der Waals surface area contributed by atoms with Crippen molar-refractivity contribution in [3.05, 3.63) is 24.3 Å². The van der Waals surface area contributed by atoms with E-state index in [2.05, 4.69) is 38.2 Å². The van der Waals surface area contributed by atoms with Crippen molar-refractivity contribution in [2.24, 2.45) is 0 Å². The molecule has 0 radical (unpaired) electrons. The molecule has 1 heteroatoms. The maximum atomic E-state index is 5.63. The molecule has 0 aromatic rings. The highest BCUT2D eigenvalue weighted by Gasteiger charge is 2.35. The van der Waals surface area contributed by atoms with Crippen LogP contribution < -0.4 is 0 Å². The summed E-state index contributed by atoms with van der Waals surface area (Å²) in [5, 5.41) is 0. The minimum atomic E-state index is 0.501. The summed E-state index contributed by atoms with van der Waals surface area (Å²) < 4.78 is 5.63. The van der Waals surface area contributed by atoms with Crippen LogP contribution in [0.25, 0.3) is 0 Å². The Kier molecular flexibility index (Phi) is 9.79. The zero-order valence-electron chi connectivity index (χ0n) is 12.9. The maximum absolute atomic E-state index is 5.63. The molecule has 0 N–H and O–H groups in total. The van der Waals surface area contributed by atoms with Gasteiger partial charge < -0.3 is 4.74 Å². The van der Waals surface area contributed by atoms with Gasteiger partial charge in [0.05, 0.1) is 12.2 Å². The molecule has 0 bridgehead atoms. The Labute approximate surface area is 120 Å². The molecule has 0 aromatic carbocycles. The number of hydrogen-bond donors (Lipinski definition) is 0. The van der Waals surface area contributed by atoms with E-state index in [4.69, 9.17) is 4.74 Å². The van der Waals surface area contributed by atoms with Crippen molar-refractivity contribution < 1.29 is 4.74 Å². The first-order valence-corrected chi connectivity index (χ1v) is 8.34. The summed E-state index contributed by atoms with van der Waals surface area (Å²) in [4.78, 5) is 0. The van der Waals surface area contributed by atoms with Gasteiger partial charge >= 0.3 is 0 Å². The van der Waals surface area contributed by atoms with Crippen LogP contribution in [0.1, 0.15) is 78.1 Å². The second-order valence-corrected chi connectivity index (χ2v) is 5.59. The van der Waals surface area contributed by atoms with Crippen molar-refractivity contribution in [1.82, 2.24) is 0 Å². The van der Waals surface area contributed by atoms with Crippen LogP contribution in [0.2, 0.25) is 0 Å². The number of unbranched alkanes of at least 4 members (excludes halogenated alkanes) is 6. The predicted octanol–water partition coefficient (Wildman–Crippen LogP) is 5.81. The molecule has 1 saturated heterocycles. The molecule has 1 aliphatic heterocycles. The fourth-order valence-electron chi connectivity index (χ4n) is 2.38. The largest absolute Gasteiger partial charge is 0.369 e. The highest BCUT2D eigenvalue weighted by molar-refractivity contribution is 4.97. The van der Waals surface area contributed by atoms with Gasteiger partial charge in [0, 0.05) is 0 Å². The molecular formula is C18H32O. The van der Waals surface area contributed by atoms with Gasteiger partial charge in [0.2, 0.25) is 0 Å². The highest BCUT2D eigenvalue weighted by atomic mass is 16.6. The SMILES string of the molecule is CC/C=C\C[C@H]1O[C@H]1C/C=C\CCCCCCCC. The first-order valence-electron chi connectivity index (χ1n) is 8.34. The molecule has 1 rings (SSSR count). The Morgan fingerprint density at radius 3 is 2.05 bits per heavy atom. The van der Waals surface area contributed by atoms with E-state index in [0.29, 0.717) is 12.2 Å². The van der Waals surface area contributed by atoms with Crippen LogP contribution in [0, 0.1) is 0 Å². The van der Waals surface area contributed by atoms with E-state index in [1.54, 1.807) is 0 Å². The van der Waals surface area contributed by atoms with E-state index in [1.165, 1.54) is 44.9 Å². The molecule has 0 aliphatic carbocycles. The second-order valence-electron chi connectivity index (χ2n) is 5.59. The lowest BCUT2D eigenvalue weighted by Gasteiger charge is -1.97. The van der Waals surface area contributed by atoms with E-state index < -0.39 is 0 Å². The summed E-state index contributed by atoms with van der Waals surface area (Å²) >= 11 is 0. The van der Waals surface area contributed by atoms with E-state index in [1.807, 2.05) is 0 Å². The van der Waals surface area contributed by atoms with Gasteiger partial charge in [-0.3, -0.25) is 0 Å². The smallest absolute Gasteiger partial charge is 0.0879 e. The third-order valence-electron chi connectivity index (χ3n) is 3.72. The second kappa shape index (κ2) is 11.3. The van der Waals surface area contributed by atoms with E-state index in [-0.39, 0.29) is 0 Å². The molecule has 0 spiro atoms. The minimum absolute atomic E-state index is 0.501. The minimum Gasteiger partial charge on any atom is -0.369 e. The molecular weight excluding hydrogens is 232 g/mol. The fraction of sp³-hybridized carbons (Fsp3) is 0.778. The van der Waals surface area contributed by atoms with E-state index >= 15 is 0 Å². The topological polar surface area (TPSA) is 12.5 Å². The monoisotopic (exact) mass is 264 g/mol. The fourth-order valence-corrected chi connectivity index (χ4v) is 2.38. The standard InChI is InChI=1S/C18H32O/c1-3-5-7-8-9-10-11-12-14-16-18-17(19-18)15-13-6-4-2/h6,12-14,17-18H,3-5,7-11,15-16H2,1-2H3/b13-6-,14-12-/t17-,18+/m1/s1. The lowest BCUT2D eigenvalue weighted by molar-refractivity contribution is 0.372. The highest BCUT2D eigenvalue weighted by Crippen LogP contribution is 2.29. The zero-order chi connectivity index (χ0) is 13.8. The Hall–Kier alpha value is -0.560. The lowest BCUT2D eigenvalue weighted by atomic mass is 10.1. The van der Waals surface area contributed by atoms with Crippen molar-refractivity contribution in [1.29, 1.82) is 0 Å². The molecule has 2 atom stereocenters. The van der Waals surface area contributed by atoms with Crippen LogP contribution in [-0.2, 0) is 4.74 Å². The van der Waals surface area contributed by atoms with Gasteiger partial charge in [-0.25, -0.2) is 0 Å². The van der Waals surface area contributed by atoms with E-state index in [0.717, 1.165) is 19.3 Å². The Morgan fingerprint density at radius 1 is 0.737 bits per heavy atom. The van der Waals surface area contributed by atoms with Crippen LogP contribution in [0.4, 0.5) is 0 Å². The summed E-state index contributed by atoms with van der Waals surface area (Å²) in [7, 11) is 0. The van der Waals surface area contributed by atoms with Gasteiger partial charge in [-0.15, -0.1) is 0 Å². The maximum Gasteiger partial charge on any atom is 0.0879 e. The van der Waals surface area contributed by atoms with Crippen LogP contribution in [0.3, 0.4) is 0 Å². The lowest BCUT2D eigenvalue weighted by Crippen LogP contribution is -1.90. The number of allylic oxidation sites excluding steroid dienone is 2. The summed E-state index contributed by atoms with van der Waals surface area (Å²) in [6.07, 6.45) is 23.1. The van der Waals surface area contributed by atoms with Crippen molar-refractivity contribution in [3.63, 3.8) is 0 Å². The summed E-state index contributed by atoms with van der Waals surface area (Å²) in [5.41, 5.74) is 0. The van der Waals surface area contributed by atoms with Crippen LogP contribution in [0.5, 0.6) is 0 Å². The van der Waals surface area contributed by atoms with Crippen molar-refractivity contribution in [2.45, 2.75) is 90.3 Å². The molecule has 1 aliphatic rings. The molecule has 110 valence electrons. The number of hydrogen-bond acceptors (Lipinski definition) is 1. The molecule has 0 saturated carbocycles. The van der Waals surface area contributed by atoms with Gasteiger partial charge in [-0.1, -0.05) is 70.3 Å². The van der Waals surface area contributed by atoms with Crippen LogP contribution in [-0.4, -0.2) is 12.2 Å². The molecule has 0 amide bonds. The Balaban J connectivity index is 1.85. The van der Waals surface area contributed by atoms with Crippen molar-refractivity contribution in [2.75, 3.05) is 0 Å². The van der Waals surface area contributed by atoms with Gasteiger partial charge in [0.15, 0.2) is 0 Å². The average molecular weight is 264 g/mol. The average Bonchev–Trinajstić information content (AvgIpc) is 3.16. The van der Waals surface area contributed by atoms with Gasteiger partial charge in [0.25, 0.3) is 0 Å². The predicted molar refractivity (Wildman–Crippen MR) is 84.5 cm³/mol. The normalized spacial score (nSPS) is 22.6. The van der Waals surface area contributed by atoms with Crippen LogP contribution in [0.15, 0.2) is 24.3 Å². The van der Waals surface area contributed by atoms with E-state index in [9.17, 15) is 0 Å². The summed E-state index contributed by atoms with van der Waals surface area (Å²) in [5.74, 6) is 0. The number of ether oxygens (including phenoxy) is 1.